The first-order valence-electron chi connectivity index (χ1n) is 6.27. The molecule has 108 valence electrons. The molecule has 0 saturated carbocycles. The van der Waals surface area contributed by atoms with Crippen LogP contribution in [0.25, 0.3) is 0 Å². The van der Waals surface area contributed by atoms with Crippen molar-refractivity contribution >= 4 is 24.1 Å². The monoisotopic (exact) mass is 288 g/mol. The summed E-state index contributed by atoms with van der Waals surface area (Å²) in [6.45, 7) is 6.82. The summed E-state index contributed by atoms with van der Waals surface area (Å²) in [6.07, 6.45) is 0.496. The third-order valence-corrected chi connectivity index (χ3v) is 3.15. The molecule has 19 heavy (non-hydrogen) atoms. The maximum atomic E-state index is 11.7. The lowest BCUT2D eigenvalue weighted by Gasteiger charge is -2.32. The Kier molecular flexibility index (Phi) is 6.27. The quantitative estimate of drug-likeness (QED) is 0.895. The third-order valence-electron chi connectivity index (χ3n) is 3.15. The second kappa shape index (κ2) is 7.47. The van der Waals surface area contributed by atoms with Crippen molar-refractivity contribution in [3.63, 3.8) is 0 Å². The van der Waals surface area contributed by atoms with Crippen LogP contribution in [0.2, 0.25) is 0 Å². The van der Waals surface area contributed by atoms with Crippen molar-refractivity contribution in [2.45, 2.75) is 13.3 Å². The predicted octanol–water partition coefficient (Wildman–Crippen LogP) is 0.981. The van der Waals surface area contributed by atoms with E-state index < -0.39 is 0 Å². The molecule has 6 nitrogen and oxygen atoms in total. The number of aryl methyl sites for hydroxylation is 1. The Morgan fingerprint density at radius 2 is 2.11 bits per heavy atom. The third kappa shape index (κ3) is 5.18. The van der Waals surface area contributed by atoms with E-state index in [4.69, 9.17) is 4.52 Å². The van der Waals surface area contributed by atoms with Gasteiger partial charge in [0.2, 0.25) is 5.91 Å². The molecule has 1 amide bonds. The van der Waals surface area contributed by atoms with Gasteiger partial charge in [-0.3, -0.25) is 4.79 Å². The molecular formula is C12H21ClN4O2. The Morgan fingerprint density at radius 3 is 2.68 bits per heavy atom. The van der Waals surface area contributed by atoms with Gasteiger partial charge < -0.3 is 19.6 Å². The van der Waals surface area contributed by atoms with Crippen molar-refractivity contribution in [3.8, 4) is 0 Å². The molecule has 2 heterocycles. The van der Waals surface area contributed by atoms with E-state index in [0.717, 1.165) is 32.7 Å². The summed E-state index contributed by atoms with van der Waals surface area (Å²) in [5, 5.41) is 6.46. The molecule has 7 heteroatoms. The van der Waals surface area contributed by atoms with E-state index in [1.54, 1.807) is 13.0 Å². The minimum atomic E-state index is -0.0118. The van der Waals surface area contributed by atoms with Crippen LogP contribution in [0.3, 0.4) is 0 Å². The molecule has 0 atom stereocenters. The number of carbonyl (C=O) groups excluding carboxylic acids is 1. The number of nitrogens with zero attached hydrogens (tertiary/aromatic N) is 3. The summed E-state index contributed by atoms with van der Waals surface area (Å²) in [6, 6.07) is 1.72. The number of piperazine rings is 1. The number of amides is 1. The smallest absolute Gasteiger partial charge is 0.226 e. The lowest BCUT2D eigenvalue weighted by Crippen LogP contribution is -2.45. The van der Waals surface area contributed by atoms with Crippen molar-refractivity contribution in [2.24, 2.45) is 0 Å². The molecule has 0 bridgehead atoms. The molecule has 0 unspecified atom stereocenters. The molecule has 1 aliphatic rings. The van der Waals surface area contributed by atoms with Gasteiger partial charge in [0.25, 0.3) is 0 Å². The number of halogens is 1. The fourth-order valence-electron chi connectivity index (χ4n) is 1.96. The van der Waals surface area contributed by atoms with Gasteiger partial charge in [0.05, 0.1) is 0 Å². The largest absolute Gasteiger partial charge is 0.360 e. The van der Waals surface area contributed by atoms with Crippen LogP contribution in [0, 0.1) is 6.92 Å². The minimum absolute atomic E-state index is 0. The van der Waals surface area contributed by atoms with Crippen molar-refractivity contribution in [2.75, 3.05) is 45.1 Å². The standard InChI is InChI=1S/C12H20N4O2.ClH/c1-10-9-11(14-18-10)13-12(17)3-4-16-7-5-15(2)6-8-16;/h9H,3-8H2,1-2H3,(H,13,14,17);1H. The molecule has 1 aliphatic heterocycles. The Morgan fingerprint density at radius 1 is 1.42 bits per heavy atom. The van der Waals surface area contributed by atoms with Crippen LogP contribution in [-0.2, 0) is 4.79 Å². The van der Waals surface area contributed by atoms with Crippen LogP contribution >= 0.6 is 12.4 Å². The number of nitrogens with one attached hydrogen (secondary N) is 1. The predicted molar refractivity (Wildman–Crippen MR) is 75.7 cm³/mol. The van der Waals surface area contributed by atoms with Crippen LogP contribution in [0.4, 0.5) is 5.82 Å². The SMILES string of the molecule is Cc1cc(NC(=O)CCN2CCN(C)CC2)no1.Cl. The van der Waals surface area contributed by atoms with Gasteiger partial charge in [0.15, 0.2) is 5.82 Å². The number of likely N-dealkylation sites (N-methyl/N-ethyl adjacent to an activating group) is 1. The van der Waals surface area contributed by atoms with Gasteiger partial charge in [0.1, 0.15) is 5.76 Å². The molecule has 2 rings (SSSR count). The summed E-state index contributed by atoms with van der Waals surface area (Å²) >= 11 is 0. The Bertz CT molecular complexity index is 402. The molecule has 1 N–H and O–H groups in total. The summed E-state index contributed by atoms with van der Waals surface area (Å²) in [5.74, 6) is 1.18. The highest BCUT2D eigenvalue weighted by molar-refractivity contribution is 5.89. The topological polar surface area (TPSA) is 61.6 Å². The zero-order valence-electron chi connectivity index (χ0n) is 11.4. The van der Waals surface area contributed by atoms with Crippen LogP contribution < -0.4 is 5.32 Å². The molecule has 0 spiro atoms. The highest BCUT2D eigenvalue weighted by atomic mass is 35.5. The van der Waals surface area contributed by atoms with Crippen molar-refractivity contribution in [1.82, 2.24) is 15.0 Å². The van der Waals surface area contributed by atoms with Crippen molar-refractivity contribution < 1.29 is 9.32 Å². The summed E-state index contributed by atoms with van der Waals surface area (Å²) in [5.41, 5.74) is 0. The number of aromatic nitrogens is 1. The first-order chi connectivity index (χ1) is 8.63. The van der Waals surface area contributed by atoms with Crippen LogP contribution in [0.1, 0.15) is 12.2 Å². The van der Waals surface area contributed by atoms with E-state index in [1.165, 1.54) is 0 Å². The second-order valence-corrected chi connectivity index (χ2v) is 4.77. The first kappa shape index (κ1) is 15.9. The Labute approximate surface area is 119 Å². The van der Waals surface area contributed by atoms with Crippen molar-refractivity contribution in [3.05, 3.63) is 11.8 Å². The lowest BCUT2D eigenvalue weighted by atomic mass is 10.3. The fraction of sp³-hybridized carbons (Fsp3) is 0.667. The average Bonchev–Trinajstić information content (AvgIpc) is 2.74. The highest BCUT2D eigenvalue weighted by Crippen LogP contribution is 2.07. The van der Waals surface area contributed by atoms with Gasteiger partial charge in [-0.05, 0) is 14.0 Å². The molecule has 0 radical (unpaired) electrons. The molecule has 1 aromatic rings. The number of carbonyl (C=O) groups is 1. The summed E-state index contributed by atoms with van der Waals surface area (Å²) in [7, 11) is 2.12. The number of hydrogen-bond donors (Lipinski definition) is 1. The van der Waals surface area contributed by atoms with Crippen LogP contribution in [0.5, 0.6) is 0 Å². The van der Waals surface area contributed by atoms with Gasteiger partial charge >= 0.3 is 0 Å². The number of anilines is 1. The van der Waals surface area contributed by atoms with Gasteiger partial charge in [-0.25, -0.2) is 0 Å². The molecular weight excluding hydrogens is 268 g/mol. The molecule has 1 aromatic heterocycles. The van der Waals surface area contributed by atoms with E-state index in [-0.39, 0.29) is 18.3 Å². The Balaban J connectivity index is 0.00000180. The number of rotatable bonds is 4. The summed E-state index contributed by atoms with van der Waals surface area (Å²) in [4.78, 5) is 16.3. The maximum absolute atomic E-state index is 11.7. The zero-order valence-corrected chi connectivity index (χ0v) is 12.2. The van der Waals surface area contributed by atoms with Gasteiger partial charge in [-0.15, -0.1) is 12.4 Å². The van der Waals surface area contributed by atoms with E-state index in [1.807, 2.05) is 0 Å². The van der Waals surface area contributed by atoms with Crippen LogP contribution in [-0.4, -0.2) is 60.6 Å². The molecule has 0 aliphatic carbocycles. The minimum Gasteiger partial charge on any atom is -0.360 e. The maximum Gasteiger partial charge on any atom is 0.226 e. The van der Waals surface area contributed by atoms with E-state index in [0.29, 0.717) is 18.0 Å². The van der Waals surface area contributed by atoms with Gasteiger partial charge in [0, 0.05) is 45.2 Å². The lowest BCUT2D eigenvalue weighted by molar-refractivity contribution is -0.116. The normalized spacial score (nSPS) is 16.9. The molecule has 1 saturated heterocycles. The molecule has 1 fully saturated rings. The fourth-order valence-corrected chi connectivity index (χ4v) is 1.96. The first-order valence-corrected chi connectivity index (χ1v) is 6.27. The number of hydrogen-bond acceptors (Lipinski definition) is 5. The van der Waals surface area contributed by atoms with Crippen molar-refractivity contribution in [1.29, 1.82) is 0 Å². The zero-order chi connectivity index (χ0) is 13.0. The average molecular weight is 289 g/mol. The second-order valence-electron chi connectivity index (χ2n) is 4.77. The van der Waals surface area contributed by atoms with E-state index in [9.17, 15) is 4.79 Å². The molecule has 0 aromatic carbocycles. The Hall–Kier alpha value is -1.11. The highest BCUT2D eigenvalue weighted by Gasteiger charge is 2.15. The summed E-state index contributed by atoms with van der Waals surface area (Å²) < 4.78 is 4.89. The van der Waals surface area contributed by atoms with E-state index in [2.05, 4.69) is 27.3 Å². The van der Waals surface area contributed by atoms with E-state index >= 15 is 0 Å². The van der Waals surface area contributed by atoms with Gasteiger partial charge in [-0.2, -0.15) is 0 Å². The van der Waals surface area contributed by atoms with Crippen LogP contribution in [0.15, 0.2) is 10.6 Å². The van der Waals surface area contributed by atoms with Gasteiger partial charge in [-0.1, -0.05) is 5.16 Å².